The molecule has 2 aliphatic rings. The van der Waals surface area contributed by atoms with Crippen LogP contribution in [0.3, 0.4) is 0 Å². The van der Waals surface area contributed by atoms with Gasteiger partial charge in [-0.2, -0.15) is 0 Å². The average molecular weight is 779 g/mol. The predicted octanol–water partition coefficient (Wildman–Crippen LogP) is 7.81. The van der Waals surface area contributed by atoms with Crippen molar-refractivity contribution in [1.29, 1.82) is 0 Å². The van der Waals surface area contributed by atoms with Gasteiger partial charge in [-0.1, -0.05) is 53.7 Å². The molecule has 12 rings (SSSR count). The highest BCUT2D eigenvalue weighted by Crippen LogP contribution is 2.54. The summed E-state index contributed by atoms with van der Waals surface area (Å²) >= 11 is 0. The van der Waals surface area contributed by atoms with E-state index in [1.807, 2.05) is 36.5 Å². The minimum absolute atomic E-state index is 0.272. The number of aromatic nitrogens is 8. The number of hydrogen-bond acceptors (Lipinski definition) is 15. The van der Waals surface area contributed by atoms with Crippen LogP contribution in [0.15, 0.2) is 124 Å². The smallest absolute Gasteiger partial charge is 0.248 e. The number of nitrogens with one attached hydrogen (secondary N) is 2. The Labute approximate surface area is 333 Å². The first kappa shape index (κ1) is 33.8. The Bertz CT molecular complexity index is 3180. The molecule has 10 aromatic rings. The predicted molar refractivity (Wildman–Crippen MR) is 216 cm³/mol. The van der Waals surface area contributed by atoms with Crippen molar-refractivity contribution >= 4 is 43.2 Å². The number of rotatable bonds is 7. The highest BCUT2D eigenvalue weighted by atomic mass is 16.6. The van der Waals surface area contributed by atoms with Gasteiger partial charge in [0, 0.05) is 75.7 Å². The summed E-state index contributed by atoms with van der Waals surface area (Å²) < 4.78 is 30.6. The fraction of sp³-hybridized carbons (Fsp3) is 0.136. The minimum atomic E-state index is -0.599. The zero-order valence-corrected chi connectivity index (χ0v) is 31.0. The van der Waals surface area contributed by atoms with Crippen LogP contribution in [0.25, 0.3) is 99.9 Å². The lowest BCUT2D eigenvalue weighted by Gasteiger charge is -2.27. The van der Waals surface area contributed by atoms with Gasteiger partial charge in [-0.25, -0.2) is 19.6 Å². The number of fused-ring (bicyclic) bond motifs is 6. The quantitative estimate of drug-likeness (QED) is 0.149. The van der Waals surface area contributed by atoms with Gasteiger partial charge in [0.25, 0.3) is 0 Å². The number of ether oxygens (including phenoxy) is 2. The Balaban J connectivity index is 1.37. The summed E-state index contributed by atoms with van der Waals surface area (Å²) in [6.45, 7) is 2.20. The molecular weight excluding hydrogens is 749 g/mol. The summed E-state index contributed by atoms with van der Waals surface area (Å²) in [5.74, 6) is 1.17. The Morgan fingerprint density at radius 1 is 0.610 bits per heavy atom. The Hall–Kier alpha value is -7.30. The van der Waals surface area contributed by atoms with Crippen molar-refractivity contribution in [2.45, 2.75) is 12.5 Å². The molecule has 7 heterocycles. The molecule has 286 valence electrons. The molecule has 2 N–H and O–H groups in total. The van der Waals surface area contributed by atoms with E-state index in [0.29, 0.717) is 60.4 Å². The normalized spacial score (nSPS) is 16.9. The topological polar surface area (TPSA) is 185 Å². The van der Waals surface area contributed by atoms with E-state index in [-0.39, 0.29) is 5.89 Å². The van der Waals surface area contributed by atoms with E-state index in [2.05, 4.69) is 67.5 Å². The van der Waals surface area contributed by atoms with Crippen LogP contribution in [0.5, 0.6) is 0 Å². The third kappa shape index (κ3) is 5.29. The van der Waals surface area contributed by atoms with Gasteiger partial charge in [0.1, 0.15) is 24.4 Å². The van der Waals surface area contributed by atoms with E-state index in [4.69, 9.17) is 42.9 Å². The van der Waals surface area contributed by atoms with E-state index >= 15 is 0 Å². The SMILES string of the molecule is c1cnc(-c2c(C3NCCO3)c(-c3ncco3)c3c(ccc4cc(-c5cnon5)c(-c5nnco5)c(C5NCCO5)c43)c2-c2cccc3ncc4ccccc4c23)nc1. The standard InChI is InChI=1S/C44H30N10O5/c1-2-6-25-24(5-1)20-50-29-8-3-7-26(32(25)29)33-27-10-9-23-19-28(30-21-52-59-54-30)35(44-53-51-22-58-44)37(41-47-13-16-55-41)31(23)34(27)38(42-48-14-17-56-42)39(43-49-15-18-57-43)36(33)40-45-11-4-12-46-40/h1-12,14,17,19-22,41,43,47,49H,13,15-16,18H2. The number of pyridine rings is 1. The molecule has 2 unspecified atom stereocenters. The van der Waals surface area contributed by atoms with Crippen LogP contribution < -0.4 is 10.6 Å². The van der Waals surface area contributed by atoms with E-state index < -0.39 is 12.5 Å². The van der Waals surface area contributed by atoms with Gasteiger partial charge in [0.15, 0.2) is 5.82 Å². The first-order valence-corrected chi connectivity index (χ1v) is 19.1. The van der Waals surface area contributed by atoms with E-state index in [1.165, 1.54) is 6.39 Å². The van der Waals surface area contributed by atoms with Crippen LogP contribution >= 0.6 is 0 Å². The van der Waals surface area contributed by atoms with Crippen molar-refractivity contribution in [2.75, 3.05) is 26.3 Å². The fourth-order valence-corrected chi connectivity index (χ4v) is 8.89. The summed E-state index contributed by atoms with van der Waals surface area (Å²) in [4.78, 5) is 19.7. The lowest BCUT2D eigenvalue weighted by molar-refractivity contribution is 0.103. The maximum Gasteiger partial charge on any atom is 0.248 e. The summed E-state index contributed by atoms with van der Waals surface area (Å²) in [5.41, 5.74) is 7.45. The van der Waals surface area contributed by atoms with E-state index in [9.17, 15) is 0 Å². The van der Waals surface area contributed by atoms with Crippen molar-refractivity contribution in [3.05, 3.63) is 121 Å². The second-order valence-corrected chi connectivity index (χ2v) is 14.2. The molecule has 2 saturated heterocycles. The van der Waals surface area contributed by atoms with Crippen molar-refractivity contribution < 1.29 is 22.9 Å². The molecule has 5 aromatic carbocycles. The second kappa shape index (κ2) is 13.7. The summed E-state index contributed by atoms with van der Waals surface area (Å²) in [6.07, 6.45) is 10.3. The number of benzene rings is 5. The molecule has 0 spiro atoms. The second-order valence-electron chi connectivity index (χ2n) is 14.2. The lowest BCUT2D eigenvalue weighted by Crippen LogP contribution is -2.18. The van der Waals surface area contributed by atoms with Gasteiger partial charge in [-0.05, 0) is 50.5 Å². The minimum Gasteiger partial charge on any atom is -0.444 e. The van der Waals surface area contributed by atoms with Gasteiger partial charge in [-0.15, -0.1) is 10.2 Å². The van der Waals surface area contributed by atoms with Crippen LogP contribution in [0.2, 0.25) is 0 Å². The average Bonchev–Trinajstić information content (AvgIpc) is 4.15. The Morgan fingerprint density at radius 2 is 1.47 bits per heavy atom. The number of oxazole rings is 1. The van der Waals surface area contributed by atoms with Gasteiger partial charge < -0.3 is 18.3 Å². The zero-order valence-electron chi connectivity index (χ0n) is 31.0. The van der Waals surface area contributed by atoms with Crippen molar-refractivity contribution in [3.63, 3.8) is 0 Å². The molecule has 15 nitrogen and oxygen atoms in total. The van der Waals surface area contributed by atoms with Crippen molar-refractivity contribution in [1.82, 2.24) is 51.1 Å². The third-order valence-corrected chi connectivity index (χ3v) is 11.1. The number of nitrogens with zero attached hydrogens (tertiary/aromatic N) is 8. The molecule has 2 aliphatic heterocycles. The monoisotopic (exact) mass is 778 g/mol. The van der Waals surface area contributed by atoms with E-state index in [1.54, 1.807) is 31.1 Å². The summed E-state index contributed by atoms with van der Waals surface area (Å²) in [5, 5.41) is 30.4. The van der Waals surface area contributed by atoms with Crippen molar-refractivity contribution in [2.24, 2.45) is 0 Å². The largest absolute Gasteiger partial charge is 0.444 e. The Kier molecular flexibility index (Phi) is 7.83. The molecule has 5 aromatic heterocycles. The van der Waals surface area contributed by atoms with Crippen LogP contribution in [0.1, 0.15) is 23.6 Å². The van der Waals surface area contributed by atoms with Crippen LogP contribution in [-0.2, 0) is 9.47 Å². The van der Waals surface area contributed by atoms with Crippen LogP contribution in [0, 0.1) is 0 Å². The maximum atomic E-state index is 6.59. The van der Waals surface area contributed by atoms with Crippen LogP contribution in [0.4, 0.5) is 0 Å². The molecule has 2 atom stereocenters. The van der Waals surface area contributed by atoms with Gasteiger partial charge in [-0.3, -0.25) is 15.6 Å². The fourth-order valence-electron chi connectivity index (χ4n) is 8.89. The Morgan fingerprint density at radius 3 is 2.24 bits per heavy atom. The third-order valence-electron chi connectivity index (χ3n) is 11.1. The van der Waals surface area contributed by atoms with Gasteiger partial charge >= 0.3 is 0 Å². The van der Waals surface area contributed by atoms with Crippen molar-refractivity contribution in [3.8, 4) is 56.7 Å². The molecule has 2 fully saturated rings. The molecule has 15 heteroatoms. The molecule has 59 heavy (non-hydrogen) atoms. The molecule has 0 radical (unpaired) electrons. The molecule has 0 aliphatic carbocycles. The zero-order chi connectivity index (χ0) is 38.9. The van der Waals surface area contributed by atoms with Crippen LogP contribution in [-0.4, -0.2) is 66.7 Å². The first-order chi connectivity index (χ1) is 29.3. The first-order valence-electron chi connectivity index (χ1n) is 19.1. The lowest BCUT2D eigenvalue weighted by atomic mass is 9.79. The molecular formula is C44H30N10O5. The highest BCUT2D eigenvalue weighted by molar-refractivity contribution is 6.26. The summed E-state index contributed by atoms with van der Waals surface area (Å²) in [6, 6.07) is 22.6. The maximum absolute atomic E-state index is 6.59. The highest BCUT2D eigenvalue weighted by Gasteiger charge is 2.36. The molecule has 0 amide bonds. The van der Waals surface area contributed by atoms with Gasteiger partial charge in [0.2, 0.25) is 18.2 Å². The summed E-state index contributed by atoms with van der Waals surface area (Å²) in [7, 11) is 0. The number of hydrogen-bond donors (Lipinski definition) is 2. The van der Waals surface area contributed by atoms with Gasteiger partial charge in [0.05, 0.1) is 42.3 Å². The van der Waals surface area contributed by atoms with E-state index in [0.717, 1.165) is 71.0 Å². The molecule has 0 saturated carbocycles. The molecule has 0 bridgehead atoms.